The van der Waals surface area contributed by atoms with E-state index in [1.54, 1.807) is 6.26 Å². The summed E-state index contributed by atoms with van der Waals surface area (Å²) in [5.74, 6) is 0. The lowest BCUT2D eigenvalue weighted by molar-refractivity contribution is 0.454. The Bertz CT molecular complexity index is 542. The summed E-state index contributed by atoms with van der Waals surface area (Å²) in [7, 11) is 0. The minimum absolute atomic E-state index is 0.627. The molecule has 19 heavy (non-hydrogen) atoms. The molecule has 0 spiro atoms. The third-order valence-electron chi connectivity index (χ3n) is 2.58. The first kappa shape index (κ1) is 14.4. The average molecular weight is 297 g/mol. The van der Waals surface area contributed by atoms with Crippen molar-refractivity contribution in [1.29, 1.82) is 0 Å². The van der Waals surface area contributed by atoms with Crippen LogP contribution < -0.4 is 5.32 Å². The molecule has 0 aliphatic carbocycles. The van der Waals surface area contributed by atoms with Crippen LogP contribution in [-0.2, 0) is 6.54 Å². The molecule has 1 aromatic carbocycles. The van der Waals surface area contributed by atoms with E-state index in [2.05, 4.69) is 23.3 Å². The Kier molecular flexibility index (Phi) is 5.31. The zero-order valence-electron chi connectivity index (χ0n) is 11.1. The van der Waals surface area contributed by atoms with Gasteiger partial charge in [-0.15, -0.1) is 0 Å². The molecule has 0 amide bonds. The normalized spacial score (nSPS) is 10.9. The minimum atomic E-state index is 0.627. The lowest BCUT2D eigenvalue weighted by atomic mass is 10.2. The van der Waals surface area contributed by atoms with Crippen LogP contribution in [0.2, 0.25) is 5.02 Å². The molecular weight excluding hydrogens is 280 g/mol. The highest BCUT2D eigenvalue weighted by Crippen LogP contribution is 2.35. The second-order valence-electron chi connectivity index (χ2n) is 4.26. The van der Waals surface area contributed by atoms with E-state index in [1.165, 1.54) is 17.3 Å². The molecule has 0 fully saturated rings. The molecule has 0 saturated carbocycles. The summed E-state index contributed by atoms with van der Waals surface area (Å²) < 4.78 is 5.38. The summed E-state index contributed by atoms with van der Waals surface area (Å²) in [6.07, 6.45) is 2.76. The second-order valence-corrected chi connectivity index (χ2v) is 5.63. The quantitative estimate of drug-likeness (QED) is 0.807. The number of halogens is 1. The molecule has 2 aromatic rings. The van der Waals surface area contributed by atoms with Gasteiger partial charge in [-0.3, -0.25) is 0 Å². The first-order valence-corrected chi connectivity index (χ1v) is 7.48. The van der Waals surface area contributed by atoms with Gasteiger partial charge in [0.15, 0.2) is 0 Å². The molecule has 1 aromatic heterocycles. The van der Waals surface area contributed by atoms with Gasteiger partial charge in [-0.2, -0.15) is 0 Å². The number of oxazole rings is 1. The summed E-state index contributed by atoms with van der Waals surface area (Å²) in [4.78, 5) is 5.31. The van der Waals surface area contributed by atoms with E-state index in [-0.39, 0.29) is 0 Å². The maximum Gasteiger partial charge on any atom is 0.260 e. The average Bonchev–Trinajstić information content (AvgIpc) is 2.79. The van der Waals surface area contributed by atoms with E-state index in [1.807, 2.05) is 19.1 Å². The van der Waals surface area contributed by atoms with Crippen molar-refractivity contribution in [2.75, 3.05) is 6.54 Å². The maximum absolute atomic E-state index is 6.28. The minimum Gasteiger partial charge on any atom is -0.439 e. The van der Waals surface area contributed by atoms with Crippen molar-refractivity contribution < 1.29 is 4.42 Å². The molecule has 1 N–H and O–H groups in total. The number of aromatic nitrogens is 1. The fourth-order valence-corrected chi connectivity index (χ4v) is 2.88. The third kappa shape index (κ3) is 4.00. The summed E-state index contributed by atoms with van der Waals surface area (Å²) in [5.41, 5.74) is 2.04. The zero-order chi connectivity index (χ0) is 13.7. The van der Waals surface area contributed by atoms with Crippen LogP contribution in [0.25, 0.3) is 0 Å². The Labute approximate surface area is 122 Å². The lowest BCUT2D eigenvalue weighted by Crippen LogP contribution is -2.14. The Morgan fingerprint density at radius 1 is 1.42 bits per heavy atom. The van der Waals surface area contributed by atoms with E-state index in [9.17, 15) is 0 Å². The van der Waals surface area contributed by atoms with Crippen LogP contribution in [-0.4, -0.2) is 11.5 Å². The molecular formula is C14H17ClN2OS. The van der Waals surface area contributed by atoms with Crippen molar-refractivity contribution in [3.05, 3.63) is 40.7 Å². The highest BCUT2D eigenvalue weighted by molar-refractivity contribution is 7.99. The molecule has 5 heteroatoms. The molecule has 0 unspecified atom stereocenters. The predicted molar refractivity (Wildman–Crippen MR) is 78.8 cm³/mol. The molecule has 102 valence electrons. The van der Waals surface area contributed by atoms with Gasteiger partial charge in [-0.05, 0) is 43.3 Å². The predicted octanol–water partition coefficient (Wildman–Crippen LogP) is 4.29. The topological polar surface area (TPSA) is 38.1 Å². The molecule has 2 rings (SSSR count). The summed E-state index contributed by atoms with van der Waals surface area (Å²) >= 11 is 7.75. The van der Waals surface area contributed by atoms with Crippen LogP contribution in [0, 0.1) is 6.92 Å². The largest absolute Gasteiger partial charge is 0.439 e. The third-order valence-corrected chi connectivity index (χ3v) is 4.05. The molecule has 0 saturated heterocycles. The van der Waals surface area contributed by atoms with Crippen molar-refractivity contribution in [2.24, 2.45) is 0 Å². The van der Waals surface area contributed by atoms with Gasteiger partial charge in [-0.25, -0.2) is 4.98 Å². The first-order chi connectivity index (χ1) is 9.20. The van der Waals surface area contributed by atoms with Crippen LogP contribution in [0.5, 0.6) is 0 Å². The zero-order valence-corrected chi connectivity index (χ0v) is 12.6. The van der Waals surface area contributed by atoms with Crippen LogP contribution >= 0.6 is 23.4 Å². The molecule has 3 nitrogen and oxygen atoms in total. The van der Waals surface area contributed by atoms with Gasteiger partial charge < -0.3 is 9.73 Å². The van der Waals surface area contributed by atoms with Crippen molar-refractivity contribution in [1.82, 2.24) is 10.3 Å². The number of nitrogens with zero attached hydrogens (tertiary/aromatic N) is 1. The number of benzene rings is 1. The van der Waals surface area contributed by atoms with Gasteiger partial charge in [0.25, 0.3) is 5.22 Å². The van der Waals surface area contributed by atoms with Crippen LogP contribution in [0.3, 0.4) is 0 Å². The summed E-state index contributed by atoms with van der Waals surface area (Å²) in [6, 6.07) is 5.94. The SMILES string of the molecule is CCCNCc1cccc(Cl)c1Sc1nc(C)co1. The molecule has 1 heterocycles. The number of nitrogens with one attached hydrogen (secondary N) is 1. The van der Waals surface area contributed by atoms with E-state index < -0.39 is 0 Å². The Hall–Kier alpha value is -0.970. The van der Waals surface area contributed by atoms with E-state index in [4.69, 9.17) is 16.0 Å². The first-order valence-electron chi connectivity index (χ1n) is 6.28. The molecule has 0 radical (unpaired) electrons. The monoisotopic (exact) mass is 296 g/mol. The van der Waals surface area contributed by atoms with Gasteiger partial charge in [0.1, 0.15) is 6.26 Å². The number of rotatable bonds is 6. The van der Waals surface area contributed by atoms with Crippen molar-refractivity contribution in [2.45, 2.75) is 36.9 Å². The maximum atomic E-state index is 6.28. The fraction of sp³-hybridized carbons (Fsp3) is 0.357. The Morgan fingerprint density at radius 3 is 2.95 bits per heavy atom. The summed E-state index contributed by atoms with van der Waals surface area (Å²) in [6.45, 7) is 5.85. The number of hydrogen-bond acceptors (Lipinski definition) is 4. The van der Waals surface area contributed by atoms with Crippen molar-refractivity contribution in [3.63, 3.8) is 0 Å². The highest BCUT2D eigenvalue weighted by Gasteiger charge is 2.11. The fourth-order valence-electron chi connectivity index (χ4n) is 1.67. The molecule has 0 bridgehead atoms. The number of aryl methyl sites for hydroxylation is 1. The van der Waals surface area contributed by atoms with Crippen LogP contribution in [0.15, 0.2) is 39.0 Å². The Morgan fingerprint density at radius 2 is 2.26 bits per heavy atom. The van der Waals surface area contributed by atoms with Gasteiger partial charge >= 0.3 is 0 Å². The Balaban J connectivity index is 2.17. The highest BCUT2D eigenvalue weighted by atomic mass is 35.5. The molecule has 0 aliphatic rings. The van der Waals surface area contributed by atoms with E-state index in [0.29, 0.717) is 5.22 Å². The van der Waals surface area contributed by atoms with Crippen molar-refractivity contribution >= 4 is 23.4 Å². The van der Waals surface area contributed by atoms with Gasteiger partial charge in [0.05, 0.1) is 10.7 Å². The van der Waals surface area contributed by atoms with E-state index in [0.717, 1.165) is 35.1 Å². The van der Waals surface area contributed by atoms with Crippen molar-refractivity contribution in [3.8, 4) is 0 Å². The summed E-state index contributed by atoms with van der Waals surface area (Å²) in [5, 5.41) is 4.75. The van der Waals surface area contributed by atoms with Gasteiger partial charge in [-0.1, -0.05) is 30.7 Å². The molecule has 0 aliphatic heterocycles. The second kappa shape index (κ2) is 6.98. The van der Waals surface area contributed by atoms with Crippen LogP contribution in [0.1, 0.15) is 24.6 Å². The number of hydrogen-bond donors (Lipinski definition) is 1. The smallest absolute Gasteiger partial charge is 0.260 e. The molecule has 0 atom stereocenters. The lowest BCUT2D eigenvalue weighted by Gasteiger charge is -2.10. The van der Waals surface area contributed by atoms with Gasteiger partial charge in [0, 0.05) is 11.4 Å². The van der Waals surface area contributed by atoms with Crippen LogP contribution in [0.4, 0.5) is 0 Å². The van der Waals surface area contributed by atoms with Gasteiger partial charge in [0.2, 0.25) is 0 Å². The standard InChI is InChI=1S/C14H17ClN2OS/c1-3-7-16-8-11-5-4-6-12(15)13(11)19-14-17-10(2)9-18-14/h4-6,9,16H,3,7-8H2,1-2H3. The van der Waals surface area contributed by atoms with E-state index >= 15 is 0 Å².